The van der Waals surface area contributed by atoms with E-state index in [1.165, 1.54) is 9.75 Å². The van der Waals surface area contributed by atoms with Gasteiger partial charge >= 0.3 is 0 Å². The molecule has 3 nitrogen and oxygen atoms in total. The molecule has 1 aliphatic rings. The molecule has 0 unspecified atom stereocenters. The van der Waals surface area contributed by atoms with Gasteiger partial charge in [0.2, 0.25) is 6.79 Å². The monoisotopic (exact) mass is 286 g/mol. The maximum atomic E-state index is 12.2. The molecule has 0 spiro atoms. The maximum absolute atomic E-state index is 12.2. The maximum Gasteiger partial charge on any atom is 0.231 e. The first-order valence-electron chi connectivity index (χ1n) is 6.32. The van der Waals surface area contributed by atoms with Crippen LogP contribution in [0.2, 0.25) is 0 Å². The fourth-order valence-corrected chi connectivity index (χ4v) is 3.04. The van der Waals surface area contributed by atoms with Crippen molar-refractivity contribution in [3.63, 3.8) is 0 Å². The van der Waals surface area contributed by atoms with Gasteiger partial charge in [0.05, 0.1) is 0 Å². The number of carbonyl (C=O) groups is 1. The molecule has 0 atom stereocenters. The third-order valence-corrected chi connectivity index (χ3v) is 4.13. The molecule has 0 radical (unpaired) electrons. The summed E-state index contributed by atoms with van der Waals surface area (Å²) in [6.07, 6.45) is 3.47. The van der Waals surface area contributed by atoms with Crippen LogP contribution in [0.3, 0.4) is 0 Å². The van der Waals surface area contributed by atoms with Gasteiger partial charge in [-0.05, 0) is 55.8 Å². The summed E-state index contributed by atoms with van der Waals surface area (Å²) in [5, 5.41) is 0. The van der Waals surface area contributed by atoms with E-state index in [4.69, 9.17) is 9.47 Å². The largest absolute Gasteiger partial charge is 0.454 e. The zero-order chi connectivity index (χ0) is 14.1. The Labute approximate surface area is 121 Å². The molecule has 0 aliphatic carbocycles. The van der Waals surface area contributed by atoms with E-state index in [2.05, 4.69) is 19.9 Å². The van der Waals surface area contributed by atoms with Crippen molar-refractivity contribution in [2.24, 2.45) is 0 Å². The van der Waals surface area contributed by atoms with Crippen LogP contribution < -0.4 is 9.47 Å². The SMILES string of the molecule is Cc1cc(/C=C/C(=O)c2ccc3c(c2)OCO3)c(C)s1. The van der Waals surface area contributed by atoms with Crippen LogP contribution in [0.5, 0.6) is 11.5 Å². The highest BCUT2D eigenvalue weighted by Gasteiger charge is 2.15. The Morgan fingerprint density at radius 3 is 2.75 bits per heavy atom. The minimum absolute atomic E-state index is 0.0356. The molecule has 2 aromatic rings. The fourth-order valence-electron chi connectivity index (χ4n) is 2.13. The Kier molecular flexibility index (Phi) is 3.32. The van der Waals surface area contributed by atoms with Gasteiger partial charge in [0, 0.05) is 15.3 Å². The molecule has 0 amide bonds. The van der Waals surface area contributed by atoms with Crippen LogP contribution >= 0.6 is 11.3 Å². The van der Waals surface area contributed by atoms with Crippen molar-refractivity contribution >= 4 is 23.2 Å². The van der Waals surface area contributed by atoms with Gasteiger partial charge in [0.25, 0.3) is 0 Å². The Morgan fingerprint density at radius 1 is 1.20 bits per heavy atom. The number of hydrogen-bond acceptors (Lipinski definition) is 4. The van der Waals surface area contributed by atoms with E-state index in [9.17, 15) is 4.79 Å². The molecule has 20 heavy (non-hydrogen) atoms. The van der Waals surface area contributed by atoms with Gasteiger partial charge in [0.1, 0.15) is 0 Å². The fraction of sp³-hybridized carbons (Fsp3) is 0.188. The van der Waals surface area contributed by atoms with Gasteiger partial charge in [-0.3, -0.25) is 4.79 Å². The summed E-state index contributed by atoms with van der Waals surface area (Å²) in [5.74, 6) is 1.29. The van der Waals surface area contributed by atoms with Gasteiger partial charge in [-0.25, -0.2) is 0 Å². The van der Waals surface area contributed by atoms with E-state index >= 15 is 0 Å². The van der Waals surface area contributed by atoms with E-state index in [0.717, 1.165) is 5.56 Å². The zero-order valence-electron chi connectivity index (χ0n) is 11.3. The lowest BCUT2D eigenvalue weighted by Gasteiger charge is -1.99. The first kappa shape index (κ1) is 12.9. The minimum Gasteiger partial charge on any atom is -0.454 e. The Balaban J connectivity index is 1.81. The van der Waals surface area contributed by atoms with Crippen molar-refractivity contribution in [1.82, 2.24) is 0 Å². The summed E-state index contributed by atoms with van der Waals surface area (Å²) >= 11 is 1.73. The Bertz CT molecular complexity index is 698. The number of thiophene rings is 1. The number of hydrogen-bond donors (Lipinski definition) is 0. The molecule has 0 bridgehead atoms. The van der Waals surface area contributed by atoms with Crippen LogP contribution in [0.15, 0.2) is 30.3 Å². The number of ether oxygens (including phenoxy) is 2. The van der Waals surface area contributed by atoms with Crippen molar-refractivity contribution < 1.29 is 14.3 Å². The van der Waals surface area contributed by atoms with E-state index < -0.39 is 0 Å². The van der Waals surface area contributed by atoms with Crippen LogP contribution in [0.4, 0.5) is 0 Å². The highest BCUT2D eigenvalue weighted by atomic mass is 32.1. The average Bonchev–Trinajstić information content (AvgIpc) is 3.01. The quantitative estimate of drug-likeness (QED) is 0.632. The second-order valence-electron chi connectivity index (χ2n) is 4.63. The van der Waals surface area contributed by atoms with Gasteiger partial charge in [0.15, 0.2) is 17.3 Å². The van der Waals surface area contributed by atoms with Gasteiger partial charge in [-0.2, -0.15) is 0 Å². The topological polar surface area (TPSA) is 35.5 Å². The lowest BCUT2D eigenvalue weighted by Crippen LogP contribution is -1.94. The number of ketones is 1. The summed E-state index contributed by atoms with van der Waals surface area (Å²) in [5.41, 5.74) is 1.71. The second-order valence-corrected chi connectivity index (χ2v) is 6.09. The van der Waals surface area contributed by atoms with Crippen molar-refractivity contribution in [2.75, 3.05) is 6.79 Å². The molecule has 4 heteroatoms. The Morgan fingerprint density at radius 2 is 2.00 bits per heavy atom. The molecule has 0 N–H and O–H groups in total. The van der Waals surface area contributed by atoms with Crippen molar-refractivity contribution in [1.29, 1.82) is 0 Å². The highest BCUT2D eigenvalue weighted by molar-refractivity contribution is 7.12. The summed E-state index contributed by atoms with van der Waals surface area (Å²) in [6.45, 7) is 4.34. The third-order valence-electron chi connectivity index (χ3n) is 3.15. The van der Waals surface area contributed by atoms with Crippen molar-refractivity contribution in [3.05, 3.63) is 51.2 Å². The standard InChI is InChI=1S/C16H14O3S/c1-10-7-12(11(2)20-10)3-5-14(17)13-4-6-15-16(8-13)19-9-18-15/h3-8H,9H2,1-2H3/b5-3+. The normalized spacial score (nSPS) is 13.1. The van der Waals surface area contributed by atoms with Crippen molar-refractivity contribution in [3.8, 4) is 11.5 Å². The minimum atomic E-state index is -0.0356. The average molecular weight is 286 g/mol. The summed E-state index contributed by atoms with van der Waals surface area (Å²) in [4.78, 5) is 14.6. The first-order valence-corrected chi connectivity index (χ1v) is 7.14. The Hall–Kier alpha value is -2.07. The second kappa shape index (κ2) is 5.13. The zero-order valence-corrected chi connectivity index (χ0v) is 12.1. The lowest BCUT2D eigenvalue weighted by molar-refractivity contribution is 0.104. The summed E-state index contributed by atoms with van der Waals surface area (Å²) < 4.78 is 10.5. The number of aryl methyl sites for hydroxylation is 2. The molecule has 0 saturated heterocycles. The number of allylic oxidation sites excluding steroid dienone is 1. The predicted octanol–water partition coefficient (Wildman–Crippen LogP) is 3.99. The molecule has 3 rings (SSSR count). The number of fused-ring (bicyclic) bond motifs is 1. The van der Waals surface area contributed by atoms with Gasteiger partial charge in [-0.15, -0.1) is 11.3 Å². The summed E-state index contributed by atoms with van der Waals surface area (Å²) in [7, 11) is 0. The van der Waals surface area contributed by atoms with Crippen molar-refractivity contribution in [2.45, 2.75) is 13.8 Å². The summed E-state index contributed by atoms with van der Waals surface area (Å²) in [6, 6.07) is 7.33. The predicted molar refractivity (Wildman–Crippen MR) is 79.7 cm³/mol. The first-order chi connectivity index (χ1) is 9.63. The van der Waals surface area contributed by atoms with Gasteiger partial charge in [-0.1, -0.05) is 0 Å². The van der Waals surface area contributed by atoms with E-state index in [1.807, 2.05) is 6.08 Å². The van der Waals surface area contributed by atoms with Crippen LogP contribution in [-0.4, -0.2) is 12.6 Å². The smallest absolute Gasteiger partial charge is 0.231 e. The molecule has 102 valence electrons. The molecular weight excluding hydrogens is 272 g/mol. The van der Waals surface area contributed by atoms with E-state index in [1.54, 1.807) is 35.6 Å². The number of rotatable bonds is 3. The molecular formula is C16H14O3S. The van der Waals surface area contributed by atoms with E-state index in [-0.39, 0.29) is 12.6 Å². The lowest BCUT2D eigenvalue weighted by atomic mass is 10.1. The molecule has 1 aliphatic heterocycles. The molecule has 1 aromatic heterocycles. The molecule has 1 aromatic carbocycles. The van der Waals surface area contributed by atoms with Crippen LogP contribution in [0.1, 0.15) is 25.7 Å². The molecule has 0 fully saturated rings. The number of benzene rings is 1. The van der Waals surface area contributed by atoms with E-state index in [0.29, 0.717) is 17.1 Å². The van der Waals surface area contributed by atoms with Crippen LogP contribution in [-0.2, 0) is 0 Å². The number of carbonyl (C=O) groups excluding carboxylic acids is 1. The van der Waals surface area contributed by atoms with Crippen LogP contribution in [0.25, 0.3) is 6.08 Å². The molecule has 0 saturated carbocycles. The highest BCUT2D eigenvalue weighted by Crippen LogP contribution is 2.32. The van der Waals surface area contributed by atoms with Gasteiger partial charge < -0.3 is 9.47 Å². The van der Waals surface area contributed by atoms with Crippen LogP contribution in [0, 0.1) is 13.8 Å². The third kappa shape index (κ3) is 2.47. The molecule has 2 heterocycles.